The number of aryl methyl sites for hydroxylation is 2. The first-order valence-electron chi connectivity index (χ1n) is 8.90. The molecule has 0 spiro atoms. The lowest BCUT2D eigenvalue weighted by Gasteiger charge is -2.16. The van der Waals surface area contributed by atoms with E-state index in [0.717, 1.165) is 0 Å². The van der Waals surface area contributed by atoms with E-state index < -0.39 is 0 Å². The molecule has 1 aliphatic heterocycles. The van der Waals surface area contributed by atoms with Gasteiger partial charge in [-0.2, -0.15) is 4.58 Å². The molecule has 0 radical (unpaired) electrons. The van der Waals surface area contributed by atoms with E-state index in [4.69, 9.17) is 0 Å². The van der Waals surface area contributed by atoms with Crippen LogP contribution in [0.1, 0.15) is 36.1 Å². The van der Waals surface area contributed by atoms with Gasteiger partial charge in [-0.3, -0.25) is 0 Å². The van der Waals surface area contributed by atoms with Crippen molar-refractivity contribution in [3.63, 3.8) is 0 Å². The van der Waals surface area contributed by atoms with Gasteiger partial charge in [-0.15, -0.1) is 0 Å². The van der Waals surface area contributed by atoms with Crippen molar-refractivity contribution in [1.82, 2.24) is 0 Å². The minimum Gasteiger partial charge on any atom is -0.378 e. The molecule has 2 aromatic rings. The van der Waals surface area contributed by atoms with Crippen LogP contribution < -0.4 is 4.90 Å². The van der Waals surface area contributed by atoms with Crippen molar-refractivity contribution in [2.45, 2.75) is 33.1 Å². The van der Waals surface area contributed by atoms with Gasteiger partial charge >= 0.3 is 0 Å². The first kappa shape index (κ1) is 17.5. The molecule has 0 atom stereocenters. The number of hydrogen-bond acceptors (Lipinski definition) is 1. The van der Waals surface area contributed by atoms with Gasteiger partial charge in [0.15, 0.2) is 5.71 Å². The van der Waals surface area contributed by atoms with Gasteiger partial charge in [0.2, 0.25) is 5.69 Å². The lowest BCUT2D eigenvalue weighted by molar-refractivity contribution is -0.401. The summed E-state index contributed by atoms with van der Waals surface area (Å²) in [7, 11) is 6.33. The number of fused-ring (bicyclic) bond motifs is 1. The van der Waals surface area contributed by atoms with Crippen LogP contribution in [0.4, 0.5) is 11.4 Å². The van der Waals surface area contributed by atoms with Crippen LogP contribution >= 0.6 is 0 Å². The third-order valence-corrected chi connectivity index (χ3v) is 5.38. The predicted octanol–water partition coefficient (Wildman–Crippen LogP) is 5.09. The van der Waals surface area contributed by atoms with E-state index in [1.54, 1.807) is 0 Å². The van der Waals surface area contributed by atoms with Crippen LogP contribution in [0.5, 0.6) is 0 Å². The SMILES string of the molecule is Cc1ccc2c(c1)C(C)(C)C(C=Cc1ccc(N(C)C)cc1C)=[N+]2C. The number of hydrogen-bond donors (Lipinski definition) is 0. The summed E-state index contributed by atoms with van der Waals surface area (Å²) >= 11 is 0. The smallest absolute Gasteiger partial charge is 0.209 e. The standard InChI is InChI=1S/C23H29N2/c1-16-8-12-21-20(14-16)23(3,4)22(25(21)7)13-10-18-9-11-19(24(5)6)15-17(18)2/h8-15H,1-7H3/q+1. The van der Waals surface area contributed by atoms with Gasteiger partial charge in [0.05, 0.1) is 5.41 Å². The number of benzene rings is 2. The molecule has 0 saturated heterocycles. The molecule has 3 rings (SSSR count). The fraction of sp³-hybridized carbons (Fsp3) is 0.348. The Morgan fingerprint density at radius 2 is 1.68 bits per heavy atom. The van der Waals surface area contributed by atoms with Crippen molar-refractivity contribution in [3.05, 3.63) is 64.7 Å². The molecule has 2 aromatic carbocycles. The molecule has 2 nitrogen and oxygen atoms in total. The number of anilines is 1. The van der Waals surface area contributed by atoms with E-state index in [1.807, 2.05) is 0 Å². The summed E-state index contributed by atoms with van der Waals surface area (Å²) in [6.07, 6.45) is 4.54. The molecule has 1 aliphatic rings. The number of nitrogens with zero attached hydrogens (tertiary/aromatic N) is 2. The first-order valence-corrected chi connectivity index (χ1v) is 8.90. The van der Waals surface area contributed by atoms with Crippen LogP contribution in [-0.2, 0) is 5.41 Å². The summed E-state index contributed by atoms with van der Waals surface area (Å²) in [5.41, 5.74) is 9.21. The van der Waals surface area contributed by atoms with Crippen molar-refractivity contribution in [1.29, 1.82) is 0 Å². The third-order valence-electron chi connectivity index (χ3n) is 5.38. The van der Waals surface area contributed by atoms with Crippen molar-refractivity contribution in [2.24, 2.45) is 0 Å². The van der Waals surface area contributed by atoms with E-state index in [1.165, 1.54) is 39.3 Å². The summed E-state index contributed by atoms with van der Waals surface area (Å²) in [6, 6.07) is 13.4. The second kappa shape index (κ2) is 6.18. The first-order chi connectivity index (χ1) is 11.7. The molecule has 1 heterocycles. The Balaban J connectivity index is 1.98. The maximum atomic E-state index is 2.33. The zero-order chi connectivity index (χ0) is 18.4. The Morgan fingerprint density at radius 3 is 2.32 bits per heavy atom. The summed E-state index contributed by atoms with van der Waals surface area (Å²) < 4.78 is 2.33. The molecule has 0 aromatic heterocycles. The van der Waals surface area contributed by atoms with E-state index in [9.17, 15) is 0 Å². The van der Waals surface area contributed by atoms with Crippen LogP contribution in [0, 0.1) is 13.8 Å². The van der Waals surface area contributed by atoms with E-state index in [0.29, 0.717) is 0 Å². The molecule has 25 heavy (non-hydrogen) atoms. The minimum absolute atomic E-state index is 0.0179. The van der Waals surface area contributed by atoms with Crippen molar-refractivity contribution in [2.75, 3.05) is 26.0 Å². The molecule has 0 fully saturated rings. The van der Waals surface area contributed by atoms with E-state index in [2.05, 4.69) is 107 Å². The molecule has 0 unspecified atom stereocenters. The van der Waals surface area contributed by atoms with Crippen LogP contribution in [0.25, 0.3) is 6.08 Å². The average Bonchev–Trinajstić information content (AvgIpc) is 2.73. The third kappa shape index (κ3) is 3.02. The maximum Gasteiger partial charge on any atom is 0.209 e. The van der Waals surface area contributed by atoms with Crippen molar-refractivity contribution >= 4 is 23.2 Å². The highest BCUT2D eigenvalue weighted by Gasteiger charge is 2.42. The second-order valence-corrected chi connectivity index (χ2v) is 7.86. The molecule has 130 valence electrons. The Labute approximate surface area is 152 Å². The van der Waals surface area contributed by atoms with Crippen molar-refractivity contribution in [3.8, 4) is 0 Å². The van der Waals surface area contributed by atoms with Gasteiger partial charge in [0.1, 0.15) is 7.05 Å². The monoisotopic (exact) mass is 333 g/mol. The fourth-order valence-electron chi connectivity index (χ4n) is 3.74. The van der Waals surface area contributed by atoms with Gasteiger partial charge < -0.3 is 4.90 Å². The van der Waals surface area contributed by atoms with Crippen LogP contribution in [0.15, 0.2) is 42.5 Å². The topological polar surface area (TPSA) is 6.25 Å². The highest BCUT2D eigenvalue weighted by atomic mass is 15.1. The molecule has 0 saturated carbocycles. The molecule has 0 amide bonds. The molecule has 0 aliphatic carbocycles. The highest BCUT2D eigenvalue weighted by molar-refractivity contribution is 6.05. The normalized spacial score (nSPS) is 15.8. The summed E-state index contributed by atoms with van der Waals surface area (Å²) in [5, 5.41) is 0. The Morgan fingerprint density at radius 1 is 0.960 bits per heavy atom. The van der Waals surface area contributed by atoms with Gasteiger partial charge in [-0.1, -0.05) is 17.7 Å². The summed E-state index contributed by atoms with van der Waals surface area (Å²) in [5.74, 6) is 0. The van der Waals surface area contributed by atoms with Gasteiger partial charge in [-0.05, 0) is 63.1 Å². The van der Waals surface area contributed by atoms with Crippen LogP contribution in [-0.4, -0.2) is 31.4 Å². The fourth-order valence-corrected chi connectivity index (χ4v) is 3.74. The van der Waals surface area contributed by atoms with E-state index >= 15 is 0 Å². The quantitative estimate of drug-likeness (QED) is 0.709. The lowest BCUT2D eigenvalue weighted by Crippen LogP contribution is -2.26. The Bertz CT molecular complexity index is 883. The molecular formula is C23H29N2+. The lowest BCUT2D eigenvalue weighted by atomic mass is 9.80. The van der Waals surface area contributed by atoms with Crippen LogP contribution in [0.2, 0.25) is 0 Å². The predicted molar refractivity (Wildman–Crippen MR) is 110 cm³/mol. The minimum atomic E-state index is 0.0179. The zero-order valence-corrected chi connectivity index (χ0v) is 16.5. The molecule has 2 heteroatoms. The van der Waals surface area contributed by atoms with Gasteiger partial charge in [0, 0.05) is 37.5 Å². The van der Waals surface area contributed by atoms with Crippen molar-refractivity contribution < 1.29 is 4.58 Å². The Hall–Kier alpha value is -2.35. The molecule has 0 bridgehead atoms. The maximum absolute atomic E-state index is 2.33. The van der Waals surface area contributed by atoms with E-state index in [-0.39, 0.29) is 5.41 Å². The molecular weight excluding hydrogens is 304 g/mol. The molecule has 0 N–H and O–H groups in total. The van der Waals surface area contributed by atoms with Crippen LogP contribution in [0.3, 0.4) is 0 Å². The zero-order valence-electron chi connectivity index (χ0n) is 16.5. The Kier molecular flexibility index (Phi) is 4.32. The second-order valence-electron chi connectivity index (χ2n) is 7.86. The summed E-state index contributed by atoms with van der Waals surface area (Å²) in [4.78, 5) is 2.14. The number of allylic oxidation sites excluding steroid dienone is 1. The number of rotatable bonds is 3. The average molecular weight is 333 g/mol. The van der Waals surface area contributed by atoms with Gasteiger partial charge in [-0.25, -0.2) is 0 Å². The highest BCUT2D eigenvalue weighted by Crippen LogP contribution is 2.39. The van der Waals surface area contributed by atoms with Gasteiger partial charge in [0.25, 0.3) is 0 Å². The summed E-state index contributed by atoms with van der Waals surface area (Å²) in [6.45, 7) is 8.98. The largest absolute Gasteiger partial charge is 0.378 e.